The third kappa shape index (κ3) is 5.58. The van der Waals surface area contributed by atoms with Crippen molar-refractivity contribution in [2.24, 2.45) is 10.2 Å². The van der Waals surface area contributed by atoms with E-state index in [2.05, 4.69) is 15.5 Å². The minimum absolute atomic E-state index is 0.0626. The summed E-state index contributed by atoms with van der Waals surface area (Å²) in [5.74, 6) is 0.688. The van der Waals surface area contributed by atoms with Gasteiger partial charge >= 0.3 is 0 Å². The molecule has 1 N–H and O–H groups in total. The summed E-state index contributed by atoms with van der Waals surface area (Å²) in [6.07, 6.45) is 2.31. The molecule has 1 atom stereocenters. The van der Waals surface area contributed by atoms with E-state index in [4.69, 9.17) is 16.3 Å². The number of thioether (sulfide) groups is 1. The van der Waals surface area contributed by atoms with Crippen molar-refractivity contribution in [3.05, 3.63) is 64.7 Å². The number of hydrogen-bond donors (Lipinski definition) is 1. The molecule has 0 unspecified atom stereocenters. The molecule has 0 radical (unpaired) electrons. The average molecular weight is 402 g/mol. The molecule has 140 valence electrons. The number of benzene rings is 2. The Hall–Kier alpha value is -2.31. The largest absolute Gasteiger partial charge is 0.490 e. The summed E-state index contributed by atoms with van der Waals surface area (Å²) in [7, 11) is 0. The molecule has 5 nitrogen and oxygen atoms in total. The van der Waals surface area contributed by atoms with Gasteiger partial charge in [-0.2, -0.15) is 5.10 Å². The minimum Gasteiger partial charge on any atom is -0.490 e. The van der Waals surface area contributed by atoms with Gasteiger partial charge < -0.3 is 10.1 Å². The van der Waals surface area contributed by atoms with Crippen molar-refractivity contribution in [3.8, 4) is 5.75 Å². The summed E-state index contributed by atoms with van der Waals surface area (Å²) in [6.45, 7) is 3.94. The molecule has 1 aliphatic heterocycles. The lowest BCUT2D eigenvalue weighted by molar-refractivity contribution is -0.118. The average Bonchev–Trinajstić information content (AvgIpc) is 2.97. The van der Waals surface area contributed by atoms with E-state index < -0.39 is 0 Å². The first kappa shape index (κ1) is 19.5. The zero-order valence-corrected chi connectivity index (χ0v) is 16.6. The van der Waals surface area contributed by atoms with Crippen LogP contribution in [0.5, 0.6) is 5.75 Å². The number of para-hydroxylation sites is 1. The number of ether oxygens (including phenoxy) is 1. The lowest BCUT2D eigenvalue weighted by atomic mass is 10.1. The molecule has 27 heavy (non-hydrogen) atoms. The smallest absolute Gasteiger partial charge is 0.239 e. The highest BCUT2D eigenvalue weighted by atomic mass is 35.5. The molecule has 1 heterocycles. The molecule has 0 aliphatic carbocycles. The molecule has 2 aromatic carbocycles. The Labute approximate surface area is 167 Å². The maximum Gasteiger partial charge on any atom is 0.239 e. The Morgan fingerprint density at radius 3 is 2.70 bits per heavy atom. The van der Waals surface area contributed by atoms with Crippen LogP contribution in [0.3, 0.4) is 0 Å². The topological polar surface area (TPSA) is 63.1 Å². The Bertz CT molecular complexity index is 866. The van der Waals surface area contributed by atoms with Gasteiger partial charge in [0, 0.05) is 10.6 Å². The zero-order valence-electron chi connectivity index (χ0n) is 15.1. The Morgan fingerprint density at radius 2 is 1.96 bits per heavy atom. The number of rotatable bonds is 6. The van der Waals surface area contributed by atoms with Crippen molar-refractivity contribution in [2.75, 3.05) is 0 Å². The minimum atomic E-state index is -0.225. The van der Waals surface area contributed by atoms with Crippen LogP contribution in [0, 0.1) is 0 Å². The van der Waals surface area contributed by atoms with E-state index in [0.717, 1.165) is 16.9 Å². The predicted octanol–water partition coefficient (Wildman–Crippen LogP) is 4.29. The monoisotopic (exact) mass is 401 g/mol. The summed E-state index contributed by atoms with van der Waals surface area (Å²) >= 11 is 7.28. The van der Waals surface area contributed by atoms with Crippen LogP contribution in [0.4, 0.5) is 0 Å². The highest BCUT2D eigenvalue weighted by Gasteiger charge is 2.30. The van der Waals surface area contributed by atoms with Gasteiger partial charge in [0.2, 0.25) is 5.91 Å². The van der Waals surface area contributed by atoms with Crippen LogP contribution in [-0.4, -0.2) is 28.6 Å². The van der Waals surface area contributed by atoms with Crippen molar-refractivity contribution < 1.29 is 9.53 Å². The summed E-state index contributed by atoms with van der Waals surface area (Å²) in [5, 5.41) is 12.0. The fourth-order valence-electron chi connectivity index (χ4n) is 2.51. The highest BCUT2D eigenvalue weighted by molar-refractivity contribution is 8.15. The maximum absolute atomic E-state index is 12.2. The first-order valence-corrected chi connectivity index (χ1v) is 9.85. The first-order chi connectivity index (χ1) is 13.0. The molecule has 0 saturated carbocycles. The second kappa shape index (κ2) is 9.06. The Morgan fingerprint density at radius 1 is 1.22 bits per heavy atom. The van der Waals surface area contributed by atoms with E-state index in [1.54, 1.807) is 6.21 Å². The molecule has 0 aromatic heterocycles. The second-order valence-corrected chi connectivity index (χ2v) is 7.91. The van der Waals surface area contributed by atoms with E-state index in [0.29, 0.717) is 16.6 Å². The third-order valence-corrected chi connectivity index (χ3v) is 5.06. The highest BCUT2D eigenvalue weighted by Crippen LogP contribution is 2.24. The van der Waals surface area contributed by atoms with E-state index >= 15 is 0 Å². The summed E-state index contributed by atoms with van der Waals surface area (Å²) in [4.78, 5) is 12.2. The second-order valence-electron chi connectivity index (χ2n) is 6.28. The predicted molar refractivity (Wildman–Crippen MR) is 112 cm³/mol. The van der Waals surface area contributed by atoms with Crippen molar-refractivity contribution >= 4 is 40.7 Å². The SMILES string of the molecule is CC(C)Oc1ccccc1/C=N\N=C1/NC(=O)[C@H](Cc2ccc(Cl)cc2)S1. The number of hydrogen-bond acceptors (Lipinski definition) is 5. The fourth-order valence-corrected chi connectivity index (χ4v) is 3.60. The first-order valence-electron chi connectivity index (χ1n) is 8.60. The lowest BCUT2D eigenvalue weighted by Gasteiger charge is -2.11. The van der Waals surface area contributed by atoms with Crippen LogP contribution in [-0.2, 0) is 11.2 Å². The van der Waals surface area contributed by atoms with Crippen molar-refractivity contribution in [3.63, 3.8) is 0 Å². The van der Waals surface area contributed by atoms with Crippen LogP contribution in [0.25, 0.3) is 0 Å². The number of carbonyl (C=O) groups is 1. The van der Waals surface area contributed by atoms with Crippen LogP contribution >= 0.6 is 23.4 Å². The molecule has 1 fully saturated rings. The standard InChI is InChI=1S/C20H20ClN3O2S/c1-13(2)26-17-6-4-3-5-15(17)12-22-24-20-23-19(25)18(27-20)11-14-7-9-16(21)10-8-14/h3-10,12-13,18H,11H2,1-2H3,(H,23,24,25)/b22-12-/t18-/m0/s1. The Kier molecular flexibility index (Phi) is 6.53. The van der Waals surface area contributed by atoms with Crippen LogP contribution in [0.2, 0.25) is 5.02 Å². The summed E-state index contributed by atoms with van der Waals surface area (Å²) in [5.41, 5.74) is 1.89. The van der Waals surface area contributed by atoms with Gasteiger partial charge in [0.05, 0.1) is 17.6 Å². The summed E-state index contributed by atoms with van der Waals surface area (Å²) < 4.78 is 5.75. The van der Waals surface area contributed by atoms with Crippen molar-refractivity contribution in [1.29, 1.82) is 0 Å². The van der Waals surface area contributed by atoms with Crippen LogP contribution < -0.4 is 10.1 Å². The lowest BCUT2D eigenvalue weighted by Crippen LogP contribution is -2.25. The molecular weight excluding hydrogens is 382 g/mol. The van der Waals surface area contributed by atoms with Gasteiger partial charge in [-0.05, 0) is 50.1 Å². The number of nitrogens with one attached hydrogen (secondary N) is 1. The number of amidine groups is 1. The quantitative estimate of drug-likeness (QED) is 0.580. The van der Waals surface area contributed by atoms with E-state index in [-0.39, 0.29) is 17.3 Å². The van der Waals surface area contributed by atoms with Gasteiger partial charge in [0.25, 0.3) is 0 Å². The number of halogens is 1. The molecule has 0 bridgehead atoms. The molecule has 1 saturated heterocycles. The van der Waals surface area contributed by atoms with Gasteiger partial charge in [0.15, 0.2) is 5.17 Å². The van der Waals surface area contributed by atoms with Gasteiger partial charge in [-0.15, -0.1) is 5.10 Å². The number of carbonyl (C=O) groups excluding carboxylic acids is 1. The molecule has 1 amide bonds. The maximum atomic E-state index is 12.2. The van der Waals surface area contributed by atoms with Gasteiger partial charge in [-0.3, -0.25) is 4.79 Å². The molecule has 3 rings (SSSR count). The number of nitrogens with zero attached hydrogens (tertiary/aromatic N) is 2. The molecule has 0 spiro atoms. The van der Waals surface area contributed by atoms with Gasteiger partial charge in [0.1, 0.15) is 5.75 Å². The zero-order chi connectivity index (χ0) is 19.2. The van der Waals surface area contributed by atoms with E-state index in [1.807, 2.05) is 62.4 Å². The molecular formula is C20H20ClN3O2S. The van der Waals surface area contributed by atoms with Crippen LogP contribution in [0.15, 0.2) is 58.7 Å². The third-order valence-electron chi connectivity index (χ3n) is 3.74. The van der Waals surface area contributed by atoms with E-state index in [9.17, 15) is 4.79 Å². The molecule has 2 aromatic rings. The molecule has 1 aliphatic rings. The van der Waals surface area contributed by atoms with Crippen molar-refractivity contribution in [1.82, 2.24) is 5.32 Å². The molecule has 7 heteroatoms. The van der Waals surface area contributed by atoms with Gasteiger partial charge in [-0.25, -0.2) is 0 Å². The van der Waals surface area contributed by atoms with E-state index in [1.165, 1.54) is 11.8 Å². The number of amides is 1. The van der Waals surface area contributed by atoms with Crippen molar-refractivity contribution in [2.45, 2.75) is 31.6 Å². The fraction of sp³-hybridized carbons (Fsp3) is 0.250. The Balaban J connectivity index is 1.64. The van der Waals surface area contributed by atoms with Gasteiger partial charge in [-0.1, -0.05) is 47.6 Å². The van der Waals surface area contributed by atoms with Crippen LogP contribution in [0.1, 0.15) is 25.0 Å². The summed E-state index contributed by atoms with van der Waals surface area (Å²) in [6, 6.07) is 15.1. The normalized spacial score (nSPS) is 18.4.